The highest BCUT2D eigenvalue weighted by Gasteiger charge is 2.39. The summed E-state index contributed by atoms with van der Waals surface area (Å²) in [5.41, 5.74) is 11.0. The van der Waals surface area contributed by atoms with Crippen LogP contribution in [0.3, 0.4) is 0 Å². The van der Waals surface area contributed by atoms with E-state index < -0.39 is 0 Å². The topological polar surface area (TPSA) is 14.2 Å². The van der Waals surface area contributed by atoms with Gasteiger partial charge in [0.05, 0.1) is 16.7 Å². The Labute approximate surface area is 236 Å². The molecule has 0 saturated carbocycles. The molecule has 2 aliphatic heterocycles. The van der Waals surface area contributed by atoms with E-state index in [4.69, 9.17) is 4.74 Å². The van der Waals surface area contributed by atoms with Crippen molar-refractivity contribution in [2.45, 2.75) is 4.90 Å². The summed E-state index contributed by atoms with van der Waals surface area (Å²) in [5.74, 6) is 2.07. The molecule has 6 aromatic carbocycles. The molecule has 40 heavy (non-hydrogen) atoms. The van der Waals surface area contributed by atoms with Gasteiger partial charge < -0.3 is 9.30 Å². The molecule has 0 spiro atoms. The van der Waals surface area contributed by atoms with Gasteiger partial charge in [0.15, 0.2) is 0 Å². The zero-order chi connectivity index (χ0) is 26.2. The van der Waals surface area contributed by atoms with Crippen molar-refractivity contribution in [2.75, 3.05) is 0 Å². The second kappa shape index (κ2) is 8.42. The van der Waals surface area contributed by atoms with Crippen molar-refractivity contribution in [2.24, 2.45) is 0 Å². The number of para-hydroxylation sites is 3. The fourth-order valence-electron chi connectivity index (χ4n) is 6.49. The molecular formula is C36H22BNOS. The van der Waals surface area contributed by atoms with Crippen LogP contribution in [0.2, 0.25) is 0 Å². The number of rotatable bonds is 2. The zero-order valence-electron chi connectivity index (χ0n) is 21.5. The van der Waals surface area contributed by atoms with E-state index >= 15 is 0 Å². The number of aromatic nitrogens is 1. The lowest BCUT2D eigenvalue weighted by Gasteiger charge is -2.33. The van der Waals surface area contributed by atoms with Gasteiger partial charge in [-0.25, -0.2) is 0 Å². The van der Waals surface area contributed by atoms with Gasteiger partial charge in [-0.1, -0.05) is 97.1 Å². The van der Waals surface area contributed by atoms with Gasteiger partial charge >= 0.3 is 0 Å². The van der Waals surface area contributed by atoms with E-state index in [0.29, 0.717) is 0 Å². The Morgan fingerprint density at radius 1 is 0.550 bits per heavy atom. The predicted octanol–water partition coefficient (Wildman–Crippen LogP) is 8.43. The smallest absolute Gasteiger partial charge is 0.289 e. The highest BCUT2D eigenvalue weighted by Crippen LogP contribution is 2.46. The monoisotopic (exact) mass is 527 g/mol. The van der Waals surface area contributed by atoms with Gasteiger partial charge in [0.1, 0.15) is 11.5 Å². The fraction of sp³-hybridized carbons (Fsp3) is 0. The third-order valence-corrected chi connectivity index (χ3v) is 9.59. The van der Waals surface area contributed by atoms with Crippen LogP contribution >= 0.6 is 11.6 Å². The Kier molecular flexibility index (Phi) is 4.67. The van der Waals surface area contributed by atoms with Gasteiger partial charge in [-0.3, -0.25) is 0 Å². The van der Waals surface area contributed by atoms with Crippen molar-refractivity contribution in [3.8, 4) is 39.4 Å². The van der Waals surface area contributed by atoms with Gasteiger partial charge in [0, 0.05) is 21.7 Å². The lowest BCUT2D eigenvalue weighted by Crippen LogP contribution is -2.46. The number of hydrogen-bond acceptors (Lipinski definition) is 2. The first-order chi connectivity index (χ1) is 19.8. The molecule has 0 radical (unpaired) electrons. The molecule has 0 fully saturated rings. The Bertz CT molecular complexity index is 2080. The zero-order valence-corrected chi connectivity index (χ0v) is 22.4. The predicted molar refractivity (Wildman–Crippen MR) is 169 cm³/mol. The summed E-state index contributed by atoms with van der Waals surface area (Å²) < 4.78 is 9.06. The maximum absolute atomic E-state index is 6.67. The van der Waals surface area contributed by atoms with Crippen LogP contribution in [0.5, 0.6) is 11.5 Å². The summed E-state index contributed by atoms with van der Waals surface area (Å²) in [5, 5.41) is 2.52. The minimum absolute atomic E-state index is 0.181. The van der Waals surface area contributed by atoms with Crippen molar-refractivity contribution in [1.29, 1.82) is 0 Å². The first kappa shape index (κ1) is 22.2. The van der Waals surface area contributed by atoms with Crippen LogP contribution in [0.15, 0.2) is 138 Å². The summed E-state index contributed by atoms with van der Waals surface area (Å²) in [7, 11) is 0. The third-order valence-electron chi connectivity index (χ3n) is 8.27. The molecule has 4 heteroatoms. The minimum Gasteiger partial charge on any atom is -0.458 e. The maximum atomic E-state index is 6.67. The molecule has 2 aliphatic rings. The summed E-state index contributed by atoms with van der Waals surface area (Å²) in [4.78, 5) is 1.31. The van der Waals surface area contributed by atoms with Gasteiger partial charge in [-0.15, -0.1) is 0 Å². The number of hydrogen-bond donors (Lipinski definition) is 0. The Morgan fingerprint density at radius 3 is 2.05 bits per heavy atom. The Hall–Kier alpha value is -4.67. The maximum Gasteiger partial charge on any atom is 0.289 e. The van der Waals surface area contributed by atoms with Crippen LogP contribution in [-0.2, 0) is 0 Å². The van der Waals surface area contributed by atoms with E-state index in [1.807, 2.05) is 11.6 Å². The summed E-state index contributed by atoms with van der Waals surface area (Å²) >= 11 is 1.94. The summed E-state index contributed by atoms with van der Waals surface area (Å²) in [6, 6.07) is 48.1. The fourth-order valence-corrected chi connectivity index (χ4v) is 7.92. The van der Waals surface area contributed by atoms with E-state index in [2.05, 4.69) is 138 Å². The van der Waals surface area contributed by atoms with E-state index in [9.17, 15) is 0 Å². The first-order valence-electron chi connectivity index (χ1n) is 13.6. The van der Waals surface area contributed by atoms with Gasteiger partial charge in [-0.2, -0.15) is 11.6 Å². The van der Waals surface area contributed by atoms with Gasteiger partial charge in [0.2, 0.25) is 0 Å². The molecule has 0 atom stereocenters. The normalized spacial score (nSPS) is 13.1. The number of ether oxygens (including phenoxy) is 1. The standard InChI is InChI=1S/C36H22BNOS/c1-2-10-23(11-3-1)24-18-19-28-29-21-25(38-31-15-7-4-12-26(31)27-13-5-8-16-32(27)38)22-34-36(29)37(40-35(28)20-24)30-14-6-9-17-33(30)39-34/h1-22H. The second-order valence-corrected chi connectivity index (χ2v) is 11.6. The van der Waals surface area contributed by atoms with Crippen LogP contribution in [-0.4, -0.2) is 10.6 Å². The summed E-state index contributed by atoms with van der Waals surface area (Å²) in [6.45, 7) is 0. The van der Waals surface area contributed by atoms with Crippen molar-refractivity contribution < 1.29 is 4.74 Å². The molecule has 0 amide bonds. The lowest BCUT2D eigenvalue weighted by atomic mass is 9.57. The van der Waals surface area contributed by atoms with Crippen molar-refractivity contribution in [3.05, 3.63) is 133 Å². The molecule has 0 saturated heterocycles. The Morgan fingerprint density at radius 2 is 1.25 bits per heavy atom. The minimum atomic E-state index is 0.181. The lowest BCUT2D eigenvalue weighted by molar-refractivity contribution is 0.487. The van der Waals surface area contributed by atoms with Crippen LogP contribution in [0.4, 0.5) is 0 Å². The SMILES string of the molecule is c1ccc(-c2ccc3c(c2)SB2c4ccccc4Oc4cc(-n5c6ccccc6c6ccccc65)cc-3c42)cc1. The molecule has 2 nitrogen and oxygen atoms in total. The van der Waals surface area contributed by atoms with E-state index in [0.717, 1.165) is 17.2 Å². The van der Waals surface area contributed by atoms with Gasteiger partial charge in [-0.05, 0) is 63.5 Å². The molecule has 186 valence electrons. The highest BCUT2D eigenvalue weighted by molar-refractivity contribution is 8.28. The van der Waals surface area contributed by atoms with Crippen LogP contribution in [0.1, 0.15) is 0 Å². The van der Waals surface area contributed by atoms with Gasteiger partial charge in [0.25, 0.3) is 5.99 Å². The third kappa shape index (κ3) is 3.14. The van der Waals surface area contributed by atoms with Crippen LogP contribution < -0.4 is 15.7 Å². The quantitative estimate of drug-likeness (QED) is 0.210. The molecule has 0 N–H and O–H groups in total. The second-order valence-electron chi connectivity index (χ2n) is 10.5. The van der Waals surface area contributed by atoms with Crippen LogP contribution in [0, 0.1) is 0 Å². The van der Waals surface area contributed by atoms with Crippen LogP contribution in [0.25, 0.3) is 49.7 Å². The average Bonchev–Trinajstić information content (AvgIpc) is 3.35. The molecular weight excluding hydrogens is 505 g/mol. The number of benzene rings is 6. The molecule has 7 aromatic rings. The molecule has 0 aliphatic carbocycles. The Balaban J connectivity index is 1.34. The summed E-state index contributed by atoms with van der Waals surface area (Å²) in [6.07, 6.45) is 0. The molecule has 9 rings (SSSR count). The van der Waals surface area contributed by atoms with E-state index in [-0.39, 0.29) is 5.99 Å². The molecule has 1 aromatic heterocycles. The number of fused-ring (bicyclic) bond motifs is 7. The van der Waals surface area contributed by atoms with E-state index in [1.165, 1.54) is 59.9 Å². The van der Waals surface area contributed by atoms with Crippen molar-refractivity contribution >= 4 is 50.3 Å². The highest BCUT2D eigenvalue weighted by atomic mass is 32.2. The van der Waals surface area contributed by atoms with E-state index in [1.54, 1.807) is 0 Å². The molecule has 0 bridgehead atoms. The number of nitrogens with zero attached hydrogens (tertiary/aromatic N) is 1. The first-order valence-corrected chi connectivity index (χ1v) is 14.5. The molecule has 3 heterocycles. The van der Waals surface area contributed by atoms with Crippen molar-refractivity contribution in [3.63, 3.8) is 0 Å². The van der Waals surface area contributed by atoms with Crippen molar-refractivity contribution in [1.82, 2.24) is 4.57 Å². The molecule has 0 unspecified atom stereocenters. The largest absolute Gasteiger partial charge is 0.458 e. The average molecular weight is 527 g/mol.